The Bertz CT molecular complexity index is 1070. The van der Waals surface area contributed by atoms with Gasteiger partial charge in [0.15, 0.2) is 0 Å². The van der Waals surface area contributed by atoms with Gasteiger partial charge in [0.1, 0.15) is 0 Å². The number of rotatable bonds is 4. The number of aromatic nitrogens is 6. The van der Waals surface area contributed by atoms with Crippen molar-refractivity contribution < 1.29 is 4.42 Å². The first-order valence-corrected chi connectivity index (χ1v) is 9.15. The maximum absolute atomic E-state index is 5.84. The van der Waals surface area contributed by atoms with Gasteiger partial charge < -0.3 is 4.42 Å². The van der Waals surface area contributed by atoms with E-state index >= 15 is 0 Å². The molecule has 1 aromatic carbocycles. The number of hydrogen-bond donors (Lipinski definition) is 0. The molecule has 0 fully saturated rings. The van der Waals surface area contributed by atoms with Crippen molar-refractivity contribution in [3.05, 3.63) is 53.2 Å². The Morgan fingerprint density at radius 1 is 1.04 bits per heavy atom. The topological polar surface area (TPSA) is 82.0 Å². The molecular formula is C18H18N6OS. The van der Waals surface area contributed by atoms with Gasteiger partial charge >= 0.3 is 0 Å². The Balaban J connectivity index is 1.56. The fourth-order valence-corrected chi connectivity index (χ4v) is 3.39. The normalized spacial score (nSPS) is 12.6. The molecule has 0 N–H and O–H groups in total. The minimum absolute atomic E-state index is 0.0690. The molecular weight excluding hydrogens is 348 g/mol. The molecule has 8 heteroatoms. The smallest absolute Gasteiger partial charge is 0.253 e. The van der Waals surface area contributed by atoms with E-state index in [0.717, 1.165) is 17.0 Å². The van der Waals surface area contributed by atoms with E-state index < -0.39 is 0 Å². The van der Waals surface area contributed by atoms with Crippen LogP contribution >= 0.6 is 11.8 Å². The summed E-state index contributed by atoms with van der Waals surface area (Å²) in [6.45, 7) is 7.97. The first-order chi connectivity index (χ1) is 12.5. The Kier molecular flexibility index (Phi) is 4.20. The number of benzene rings is 1. The summed E-state index contributed by atoms with van der Waals surface area (Å²) in [6.07, 6.45) is 0. The fourth-order valence-electron chi connectivity index (χ4n) is 2.62. The quantitative estimate of drug-likeness (QED) is 0.506. The molecule has 7 nitrogen and oxygen atoms in total. The van der Waals surface area contributed by atoms with E-state index in [1.807, 2.05) is 58.0 Å². The SMILES string of the molecule is Cc1ccc(-c2nnc([C@H](C)Sc3nc4nc(C)cc(C)n4n3)o2)cc1. The fraction of sp³-hybridized carbons (Fsp3) is 0.278. The maximum Gasteiger partial charge on any atom is 0.253 e. The zero-order valence-corrected chi connectivity index (χ0v) is 15.8. The third-order valence-electron chi connectivity index (χ3n) is 3.97. The van der Waals surface area contributed by atoms with Gasteiger partial charge in [0.05, 0.1) is 5.25 Å². The molecule has 0 bridgehead atoms. The Morgan fingerprint density at radius 2 is 1.81 bits per heavy atom. The molecule has 26 heavy (non-hydrogen) atoms. The van der Waals surface area contributed by atoms with Crippen molar-refractivity contribution in [2.75, 3.05) is 0 Å². The number of nitrogens with zero attached hydrogens (tertiary/aromatic N) is 6. The predicted molar refractivity (Wildman–Crippen MR) is 99.0 cm³/mol. The average molecular weight is 366 g/mol. The Morgan fingerprint density at radius 3 is 2.58 bits per heavy atom. The molecule has 3 aromatic heterocycles. The number of hydrogen-bond acceptors (Lipinski definition) is 7. The van der Waals surface area contributed by atoms with Gasteiger partial charge in [0.25, 0.3) is 5.78 Å². The second-order valence-electron chi connectivity index (χ2n) is 6.22. The van der Waals surface area contributed by atoms with Crippen molar-refractivity contribution in [3.8, 4) is 11.5 Å². The van der Waals surface area contributed by atoms with Crippen molar-refractivity contribution in [1.82, 2.24) is 29.8 Å². The van der Waals surface area contributed by atoms with Gasteiger partial charge in [-0.1, -0.05) is 29.5 Å². The lowest BCUT2D eigenvalue weighted by Gasteiger charge is -2.02. The molecule has 0 aliphatic rings. The zero-order valence-electron chi connectivity index (χ0n) is 15.0. The highest BCUT2D eigenvalue weighted by Crippen LogP contribution is 2.33. The van der Waals surface area contributed by atoms with Crippen LogP contribution in [0.2, 0.25) is 0 Å². The van der Waals surface area contributed by atoms with E-state index in [2.05, 4.69) is 25.3 Å². The van der Waals surface area contributed by atoms with E-state index in [9.17, 15) is 0 Å². The van der Waals surface area contributed by atoms with Gasteiger partial charge in [0, 0.05) is 17.0 Å². The predicted octanol–water partition coefficient (Wildman–Crippen LogP) is 3.95. The minimum atomic E-state index is -0.0690. The highest BCUT2D eigenvalue weighted by atomic mass is 32.2. The van der Waals surface area contributed by atoms with Gasteiger partial charge in [-0.05, 0) is 45.9 Å². The summed E-state index contributed by atoms with van der Waals surface area (Å²) in [5.41, 5.74) is 4.02. The van der Waals surface area contributed by atoms with Crippen LogP contribution in [0.3, 0.4) is 0 Å². The number of thioether (sulfide) groups is 1. The standard InChI is InChI=1S/C18H18N6OS/c1-10-5-7-14(8-6-10)16-22-21-15(25-16)13(4)26-18-20-17-19-11(2)9-12(3)24(17)23-18/h5-9,13H,1-4H3/t13-/m0/s1. The van der Waals surface area contributed by atoms with Gasteiger partial charge in [-0.2, -0.15) is 4.98 Å². The lowest BCUT2D eigenvalue weighted by molar-refractivity contribution is 0.509. The molecule has 0 unspecified atom stereocenters. The summed E-state index contributed by atoms with van der Waals surface area (Å²) in [4.78, 5) is 8.90. The van der Waals surface area contributed by atoms with E-state index in [4.69, 9.17) is 4.42 Å². The molecule has 4 rings (SSSR count). The van der Waals surface area contributed by atoms with E-state index in [1.54, 1.807) is 4.52 Å². The van der Waals surface area contributed by atoms with Crippen LogP contribution in [0.4, 0.5) is 0 Å². The van der Waals surface area contributed by atoms with Crippen LogP contribution in [0, 0.1) is 20.8 Å². The highest BCUT2D eigenvalue weighted by molar-refractivity contribution is 7.99. The molecule has 0 saturated heterocycles. The van der Waals surface area contributed by atoms with Crippen LogP contribution in [0.1, 0.15) is 35.0 Å². The maximum atomic E-state index is 5.84. The summed E-state index contributed by atoms with van der Waals surface area (Å²) in [6, 6.07) is 9.98. The molecule has 0 radical (unpaired) electrons. The highest BCUT2D eigenvalue weighted by Gasteiger charge is 2.19. The number of fused-ring (bicyclic) bond motifs is 1. The molecule has 0 spiro atoms. The lowest BCUT2D eigenvalue weighted by atomic mass is 10.1. The van der Waals surface area contributed by atoms with Crippen LogP contribution in [0.5, 0.6) is 0 Å². The van der Waals surface area contributed by atoms with E-state index in [1.165, 1.54) is 17.3 Å². The van der Waals surface area contributed by atoms with Crippen LogP contribution in [0.15, 0.2) is 39.9 Å². The molecule has 0 amide bonds. The van der Waals surface area contributed by atoms with Crippen LogP contribution in [-0.4, -0.2) is 29.8 Å². The van der Waals surface area contributed by atoms with Crippen molar-refractivity contribution in [2.45, 2.75) is 38.1 Å². The van der Waals surface area contributed by atoms with E-state index in [-0.39, 0.29) is 5.25 Å². The Hall–Kier alpha value is -2.74. The summed E-state index contributed by atoms with van der Waals surface area (Å²) in [7, 11) is 0. The third-order valence-corrected chi connectivity index (χ3v) is 4.91. The van der Waals surface area contributed by atoms with Crippen LogP contribution in [-0.2, 0) is 0 Å². The van der Waals surface area contributed by atoms with Crippen molar-refractivity contribution in [2.24, 2.45) is 0 Å². The molecule has 132 valence electrons. The van der Waals surface area contributed by atoms with Crippen molar-refractivity contribution >= 4 is 17.5 Å². The average Bonchev–Trinajstić information content (AvgIpc) is 3.22. The van der Waals surface area contributed by atoms with Gasteiger partial charge in [0.2, 0.25) is 16.9 Å². The molecule has 0 saturated carbocycles. The zero-order chi connectivity index (χ0) is 18.3. The molecule has 3 heterocycles. The second kappa shape index (κ2) is 6.53. The van der Waals surface area contributed by atoms with Gasteiger partial charge in [-0.3, -0.25) is 0 Å². The van der Waals surface area contributed by atoms with Gasteiger partial charge in [-0.25, -0.2) is 9.50 Å². The summed E-state index contributed by atoms with van der Waals surface area (Å²) < 4.78 is 7.58. The summed E-state index contributed by atoms with van der Waals surface area (Å²) in [5.74, 6) is 1.66. The minimum Gasteiger partial charge on any atom is -0.419 e. The summed E-state index contributed by atoms with van der Waals surface area (Å²) in [5, 5.41) is 13.4. The Labute approximate surface area is 154 Å². The first kappa shape index (κ1) is 16.7. The first-order valence-electron chi connectivity index (χ1n) is 8.28. The van der Waals surface area contributed by atoms with Gasteiger partial charge in [-0.15, -0.1) is 15.3 Å². The molecule has 0 aliphatic carbocycles. The van der Waals surface area contributed by atoms with E-state index in [0.29, 0.717) is 22.7 Å². The third kappa shape index (κ3) is 3.20. The number of aryl methyl sites for hydroxylation is 3. The van der Waals surface area contributed by atoms with Crippen molar-refractivity contribution in [3.63, 3.8) is 0 Å². The largest absolute Gasteiger partial charge is 0.419 e. The molecule has 4 aromatic rings. The van der Waals surface area contributed by atoms with Crippen molar-refractivity contribution in [1.29, 1.82) is 0 Å². The monoisotopic (exact) mass is 366 g/mol. The second-order valence-corrected chi connectivity index (χ2v) is 7.52. The lowest BCUT2D eigenvalue weighted by Crippen LogP contribution is -1.97. The van der Waals surface area contributed by atoms with Crippen LogP contribution < -0.4 is 0 Å². The molecule has 0 aliphatic heterocycles. The van der Waals surface area contributed by atoms with Crippen LogP contribution in [0.25, 0.3) is 17.2 Å². The molecule has 1 atom stereocenters. The summed E-state index contributed by atoms with van der Waals surface area (Å²) >= 11 is 1.47.